The SMILES string of the molecule is CCCC(C)Nc1cc(C)cc(C)c1. The lowest BCUT2D eigenvalue weighted by atomic mass is 10.1. The van der Waals surface area contributed by atoms with Crippen molar-refractivity contribution in [3.8, 4) is 0 Å². The van der Waals surface area contributed by atoms with Crippen LogP contribution in [-0.4, -0.2) is 6.04 Å². The Hall–Kier alpha value is -0.980. The van der Waals surface area contributed by atoms with Gasteiger partial charge in [-0.3, -0.25) is 0 Å². The van der Waals surface area contributed by atoms with Gasteiger partial charge in [0.15, 0.2) is 0 Å². The monoisotopic (exact) mass is 191 g/mol. The molecule has 0 bridgehead atoms. The smallest absolute Gasteiger partial charge is 0.0347 e. The van der Waals surface area contributed by atoms with Crippen LogP contribution in [0.2, 0.25) is 0 Å². The summed E-state index contributed by atoms with van der Waals surface area (Å²) in [6, 6.07) is 7.19. The fourth-order valence-electron chi connectivity index (χ4n) is 1.85. The predicted molar refractivity (Wildman–Crippen MR) is 63.9 cm³/mol. The first-order chi connectivity index (χ1) is 6.61. The van der Waals surface area contributed by atoms with Crippen LogP contribution in [0.4, 0.5) is 5.69 Å². The van der Waals surface area contributed by atoms with E-state index in [1.54, 1.807) is 0 Å². The second-order valence-corrected chi connectivity index (χ2v) is 4.21. The molecule has 0 radical (unpaired) electrons. The maximum atomic E-state index is 3.52. The highest BCUT2D eigenvalue weighted by Crippen LogP contribution is 2.15. The zero-order valence-electron chi connectivity index (χ0n) is 9.72. The van der Waals surface area contributed by atoms with Crippen LogP contribution in [-0.2, 0) is 0 Å². The van der Waals surface area contributed by atoms with Crippen LogP contribution in [0.25, 0.3) is 0 Å². The van der Waals surface area contributed by atoms with E-state index in [1.807, 2.05) is 0 Å². The molecule has 0 aliphatic heterocycles. The van der Waals surface area contributed by atoms with Gasteiger partial charge in [0.25, 0.3) is 0 Å². The van der Waals surface area contributed by atoms with Crippen molar-refractivity contribution in [2.45, 2.75) is 46.6 Å². The normalized spacial score (nSPS) is 12.6. The van der Waals surface area contributed by atoms with Crippen LogP contribution in [0.5, 0.6) is 0 Å². The lowest BCUT2D eigenvalue weighted by Crippen LogP contribution is -2.14. The van der Waals surface area contributed by atoms with Crippen molar-refractivity contribution >= 4 is 5.69 Å². The van der Waals surface area contributed by atoms with Gasteiger partial charge in [-0.1, -0.05) is 19.4 Å². The summed E-state index contributed by atoms with van der Waals surface area (Å²) in [5.41, 5.74) is 3.91. The highest BCUT2D eigenvalue weighted by molar-refractivity contribution is 5.48. The Balaban J connectivity index is 2.66. The first-order valence-corrected chi connectivity index (χ1v) is 5.46. The average Bonchev–Trinajstić information content (AvgIpc) is 2.01. The molecule has 1 nitrogen and oxygen atoms in total. The van der Waals surface area contributed by atoms with Crippen molar-refractivity contribution in [1.29, 1.82) is 0 Å². The van der Waals surface area contributed by atoms with E-state index in [4.69, 9.17) is 0 Å². The Kier molecular flexibility index (Phi) is 3.99. The van der Waals surface area contributed by atoms with Crippen molar-refractivity contribution < 1.29 is 0 Å². The van der Waals surface area contributed by atoms with Gasteiger partial charge in [-0.2, -0.15) is 0 Å². The third-order valence-corrected chi connectivity index (χ3v) is 2.36. The second kappa shape index (κ2) is 5.04. The molecular weight excluding hydrogens is 170 g/mol. The van der Waals surface area contributed by atoms with Crippen molar-refractivity contribution in [2.24, 2.45) is 0 Å². The number of rotatable bonds is 4. The molecule has 1 heteroatoms. The van der Waals surface area contributed by atoms with Crippen molar-refractivity contribution in [2.75, 3.05) is 5.32 Å². The Labute approximate surface area is 87.5 Å². The molecule has 1 aromatic rings. The molecule has 1 rings (SSSR count). The third kappa shape index (κ3) is 3.41. The van der Waals surface area contributed by atoms with E-state index in [2.05, 4.69) is 51.2 Å². The van der Waals surface area contributed by atoms with Crippen LogP contribution >= 0.6 is 0 Å². The summed E-state index contributed by atoms with van der Waals surface area (Å²) in [7, 11) is 0. The van der Waals surface area contributed by atoms with Gasteiger partial charge >= 0.3 is 0 Å². The largest absolute Gasteiger partial charge is 0.383 e. The first-order valence-electron chi connectivity index (χ1n) is 5.46. The van der Waals surface area contributed by atoms with Gasteiger partial charge in [0.05, 0.1) is 0 Å². The lowest BCUT2D eigenvalue weighted by molar-refractivity contribution is 0.690. The number of aryl methyl sites for hydroxylation is 2. The van der Waals surface area contributed by atoms with E-state index in [0.29, 0.717) is 6.04 Å². The van der Waals surface area contributed by atoms with E-state index in [-0.39, 0.29) is 0 Å². The molecule has 0 saturated heterocycles. The van der Waals surface area contributed by atoms with Gasteiger partial charge in [0, 0.05) is 11.7 Å². The number of benzene rings is 1. The summed E-state index contributed by atoms with van der Waals surface area (Å²) in [4.78, 5) is 0. The molecule has 0 amide bonds. The second-order valence-electron chi connectivity index (χ2n) is 4.21. The van der Waals surface area contributed by atoms with Crippen LogP contribution in [0.15, 0.2) is 18.2 Å². The minimum Gasteiger partial charge on any atom is -0.383 e. The Bertz CT molecular complexity index is 271. The number of hydrogen-bond acceptors (Lipinski definition) is 1. The standard InChI is InChI=1S/C13H21N/c1-5-6-12(4)14-13-8-10(2)7-11(3)9-13/h7-9,12,14H,5-6H2,1-4H3. The molecule has 1 aromatic carbocycles. The van der Waals surface area contributed by atoms with Gasteiger partial charge in [-0.25, -0.2) is 0 Å². The molecule has 0 aliphatic carbocycles. The zero-order chi connectivity index (χ0) is 10.6. The highest BCUT2D eigenvalue weighted by Gasteiger charge is 2.01. The van der Waals surface area contributed by atoms with Gasteiger partial charge in [0.1, 0.15) is 0 Å². The number of hydrogen-bond donors (Lipinski definition) is 1. The van der Waals surface area contributed by atoms with Gasteiger partial charge < -0.3 is 5.32 Å². The minimum absolute atomic E-state index is 0.571. The summed E-state index contributed by atoms with van der Waals surface area (Å²) in [6.45, 7) is 8.74. The molecule has 1 N–H and O–H groups in total. The molecule has 1 atom stereocenters. The summed E-state index contributed by atoms with van der Waals surface area (Å²) in [6.07, 6.45) is 2.46. The molecule has 0 saturated carbocycles. The van der Waals surface area contributed by atoms with E-state index in [9.17, 15) is 0 Å². The number of anilines is 1. The van der Waals surface area contributed by atoms with Crippen LogP contribution in [0.1, 0.15) is 37.8 Å². The molecule has 0 aliphatic rings. The summed E-state index contributed by atoms with van der Waals surface area (Å²) in [5.74, 6) is 0. The van der Waals surface area contributed by atoms with Crippen LogP contribution < -0.4 is 5.32 Å². The third-order valence-electron chi connectivity index (χ3n) is 2.36. The fourth-order valence-corrected chi connectivity index (χ4v) is 1.85. The van der Waals surface area contributed by atoms with Gasteiger partial charge in [-0.05, 0) is 50.5 Å². The predicted octanol–water partition coefficient (Wildman–Crippen LogP) is 3.90. The van der Waals surface area contributed by atoms with Crippen molar-refractivity contribution in [3.05, 3.63) is 29.3 Å². The maximum absolute atomic E-state index is 3.52. The van der Waals surface area contributed by atoms with E-state index >= 15 is 0 Å². The molecule has 0 aromatic heterocycles. The van der Waals surface area contributed by atoms with Crippen LogP contribution in [0.3, 0.4) is 0 Å². The van der Waals surface area contributed by atoms with E-state index < -0.39 is 0 Å². The topological polar surface area (TPSA) is 12.0 Å². The molecular formula is C13H21N. The lowest BCUT2D eigenvalue weighted by Gasteiger charge is -2.15. The zero-order valence-corrected chi connectivity index (χ0v) is 9.72. The van der Waals surface area contributed by atoms with Crippen LogP contribution in [0, 0.1) is 13.8 Å². The fraction of sp³-hybridized carbons (Fsp3) is 0.538. The Morgan fingerprint density at radius 3 is 2.21 bits per heavy atom. The molecule has 14 heavy (non-hydrogen) atoms. The first kappa shape index (κ1) is 11.1. The average molecular weight is 191 g/mol. The Morgan fingerprint density at radius 1 is 1.14 bits per heavy atom. The van der Waals surface area contributed by atoms with Gasteiger partial charge in [0.2, 0.25) is 0 Å². The summed E-state index contributed by atoms with van der Waals surface area (Å²) in [5, 5.41) is 3.52. The van der Waals surface area contributed by atoms with Crippen molar-refractivity contribution in [1.82, 2.24) is 0 Å². The summed E-state index contributed by atoms with van der Waals surface area (Å²) >= 11 is 0. The van der Waals surface area contributed by atoms with E-state index in [1.165, 1.54) is 29.7 Å². The molecule has 0 heterocycles. The quantitative estimate of drug-likeness (QED) is 0.761. The molecule has 1 unspecified atom stereocenters. The van der Waals surface area contributed by atoms with Gasteiger partial charge in [-0.15, -0.1) is 0 Å². The molecule has 0 fully saturated rings. The summed E-state index contributed by atoms with van der Waals surface area (Å²) < 4.78 is 0. The molecule has 78 valence electrons. The van der Waals surface area contributed by atoms with E-state index in [0.717, 1.165) is 0 Å². The minimum atomic E-state index is 0.571. The highest BCUT2D eigenvalue weighted by atomic mass is 14.9. The molecule has 0 spiro atoms. The maximum Gasteiger partial charge on any atom is 0.0347 e. The Morgan fingerprint density at radius 2 is 1.71 bits per heavy atom. The number of nitrogens with one attached hydrogen (secondary N) is 1. The van der Waals surface area contributed by atoms with Crippen molar-refractivity contribution in [3.63, 3.8) is 0 Å².